The summed E-state index contributed by atoms with van der Waals surface area (Å²) in [7, 11) is 1.67. The van der Waals surface area contributed by atoms with Crippen molar-refractivity contribution in [2.45, 2.75) is 13.0 Å². The van der Waals surface area contributed by atoms with Crippen LogP contribution in [0.25, 0.3) is 0 Å². The number of fused-ring (bicyclic) bond motifs is 1. The molecule has 1 aromatic heterocycles. The average Bonchev–Trinajstić information content (AvgIpc) is 3.14. The molecule has 9 heteroatoms. The van der Waals surface area contributed by atoms with Gasteiger partial charge in [-0.25, -0.2) is 9.97 Å². The van der Waals surface area contributed by atoms with Crippen LogP contribution in [0.3, 0.4) is 0 Å². The summed E-state index contributed by atoms with van der Waals surface area (Å²) in [5.74, 6) is 0.780. The number of hydrogen-bond donors (Lipinski definition) is 1. The standard InChI is InChI=1S/C18H20N4O5/c1-12(13-4-5-14-15(8-13)27-11-26-14)21-16(23)10-25-17(24)9-22(2)18-19-6-3-7-20-18/h3-8,12H,9-11H2,1-2H3,(H,21,23). The number of carbonyl (C=O) groups excluding carboxylic acids is 2. The number of nitrogens with zero attached hydrogens (tertiary/aromatic N) is 3. The van der Waals surface area contributed by atoms with Gasteiger partial charge in [0, 0.05) is 19.4 Å². The number of carbonyl (C=O) groups is 2. The number of hydrogen-bond acceptors (Lipinski definition) is 8. The fourth-order valence-electron chi connectivity index (χ4n) is 2.49. The molecule has 9 nitrogen and oxygen atoms in total. The molecule has 0 fully saturated rings. The second-order valence-electron chi connectivity index (χ2n) is 5.97. The summed E-state index contributed by atoms with van der Waals surface area (Å²) in [4.78, 5) is 33.5. The average molecular weight is 372 g/mol. The Hall–Kier alpha value is -3.36. The molecular formula is C18H20N4O5. The summed E-state index contributed by atoms with van der Waals surface area (Å²) >= 11 is 0. The molecule has 0 aliphatic carbocycles. The minimum absolute atomic E-state index is 0.0605. The van der Waals surface area contributed by atoms with Gasteiger partial charge >= 0.3 is 5.97 Å². The van der Waals surface area contributed by atoms with E-state index in [1.54, 1.807) is 31.6 Å². The lowest BCUT2D eigenvalue weighted by molar-refractivity contribution is -0.147. The third kappa shape index (κ3) is 4.84. The van der Waals surface area contributed by atoms with E-state index in [-0.39, 0.29) is 26.0 Å². The summed E-state index contributed by atoms with van der Waals surface area (Å²) in [6, 6.07) is 6.86. The SMILES string of the molecule is CC(NC(=O)COC(=O)CN(C)c1ncccn1)c1ccc2c(c1)OCO2. The van der Waals surface area contributed by atoms with E-state index in [2.05, 4.69) is 15.3 Å². The molecule has 2 aromatic rings. The van der Waals surface area contributed by atoms with Gasteiger partial charge in [-0.3, -0.25) is 9.59 Å². The van der Waals surface area contributed by atoms with Crippen LogP contribution >= 0.6 is 0 Å². The predicted molar refractivity (Wildman–Crippen MR) is 95.4 cm³/mol. The number of aromatic nitrogens is 2. The van der Waals surface area contributed by atoms with Crippen molar-refractivity contribution < 1.29 is 23.8 Å². The quantitative estimate of drug-likeness (QED) is 0.720. The number of benzene rings is 1. The summed E-state index contributed by atoms with van der Waals surface area (Å²) in [6.45, 7) is 1.60. The normalized spacial score (nSPS) is 13.0. The van der Waals surface area contributed by atoms with Crippen molar-refractivity contribution in [3.05, 3.63) is 42.2 Å². The van der Waals surface area contributed by atoms with Gasteiger partial charge in [-0.15, -0.1) is 0 Å². The van der Waals surface area contributed by atoms with Crippen LogP contribution in [0.2, 0.25) is 0 Å². The maximum atomic E-state index is 12.0. The second-order valence-corrected chi connectivity index (χ2v) is 5.97. The van der Waals surface area contributed by atoms with Crippen molar-refractivity contribution in [1.82, 2.24) is 15.3 Å². The first kappa shape index (κ1) is 18.4. The molecule has 142 valence electrons. The molecule has 3 rings (SSSR count). The maximum Gasteiger partial charge on any atom is 0.326 e. The number of nitrogens with one attached hydrogen (secondary N) is 1. The van der Waals surface area contributed by atoms with Crippen LogP contribution in [0.15, 0.2) is 36.7 Å². The topological polar surface area (TPSA) is 103 Å². The Bertz CT molecular complexity index is 815. The van der Waals surface area contributed by atoms with Crippen molar-refractivity contribution in [2.75, 3.05) is 31.9 Å². The zero-order valence-corrected chi connectivity index (χ0v) is 15.0. The van der Waals surface area contributed by atoms with Crippen LogP contribution in [-0.4, -0.2) is 48.8 Å². The van der Waals surface area contributed by atoms with Crippen LogP contribution in [-0.2, 0) is 14.3 Å². The fourth-order valence-corrected chi connectivity index (χ4v) is 2.49. The van der Waals surface area contributed by atoms with Gasteiger partial charge in [0.2, 0.25) is 12.7 Å². The van der Waals surface area contributed by atoms with Gasteiger partial charge in [0.15, 0.2) is 18.1 Å². The van der Waals surface area contributed by atoms with Crippen molar-refractivity contribution >= 4 is 17.8 Å². The van der Waals surface area contributed by atoms with Crippen molar-refractivity contribution in [3.8, 4) is 11.5 Å². The molecule has 0 saturated heterocycles. The molecule has 1 N–H and O–H groups in total. The molecule has 0 radical (unpaired) electrons. The van der Waals surface area contributed by atoms with E-state index in [0.29, 0.717) is 17.4 Å². The lowest BCUT2D eigenvalue weighted by atomic mass is 10.1. The van der Waals surface area contributed by atoms with E-state index < -0.39 is 11.9 Å². The highest BCUT2D eigenvalue weighted by Gasteiger charge is 2.18. The van der Waals surface area contributed by atoms with Crippen LogP contribution < -0.4 is 19.7 Å². The van der Waals surface area contributed by atoms with E-state index in [9.17, 15) is 9.59 Å². The van der Waals surface area contributed by atoms with Gasteiger partial charge < -0.3 is 24.4 Å². The number of amides is 1. The Morgan fingerprint density at radius 2 is 2.00 bits per heavy atom. The van der Waals surface area contributed by atoms with Crippen LogP contribution in [0.5, 0.6) is 11.5 Å². The summed E-state index contributed by atoms with van der Waals surface area (Å²) < 4.78 is 15.6. The third-order valence-electron chi connectivity index (χ3n) is 3.90. The molecule has 1 aliphatic rings. The van der Waals surface area contributed by atoms with E-state index in [0.717, 1.165) is 5.56 Å². The van der Waals surface area contributed by atoms with Gasteiger partial charge in [-0.05, 0) is 30.7 Å². The van der Waals surface area contributed by atoms with Crippen LogP contribution in [0.4, 0.5) is 5.95 Å². The number of likely N-dealkylation sites (N-methyl/N-ethyl adjacent to an activating group) is 1. The monoisotopic (exact) mass is 372 g/mol. The van der Waals surface area contributed by atoms with Gasteiger partial charge in [0.25, 0.3) is 5.91 Å². The molecule has 1 unspecified atom stereocenters. The maximum absolute atomic E-state index is 12.0. The summed E-state index contributed by atoms with van der Waals surface area (Å²) in [5.41, 5.74) is 0.861. The second kappa shape index (κ2) is 8.35. The number of rotatable bonds is 7. The largest absolute Gasteiger partial charge is 0.454 e. The molecule has 1 aliphatic heterocycles. The first-order valence-corrected chi connectivity index (χ1v) is 8.35. The third-order valence-corrected chi connectivity index (χ3v) is 3.90. The minimum atomic E-state index is -0.546. The Kier molecular flexibility index (Phi) is 5.70. The highest BCUT2D eigenvalue weighted by molar-refractivity contribution is 5.82. The van der Waals surface area contributed by atoms with Gasteiger partial charge in [-0.1, -0.05) is 6.07 Å². The van der Waals surface area contributed by atoms with Crippen LogP contribution in [0, 0.1) is 0 Å². The highest BCUT2D eigenvalue weighted by Crippen LogP contribution is 2.34. The number of ether oxygens (including phenoxy) is 3. The van der Waals surface area contributed by atoms with Gasteiger partial charge in [0.05, 0.1) is 6.04 Å². The van der Waals surface area contributed by atoms with Crippen molar-refractivity contribution in [2.24, 2.45) is 0 Å². The van der Waals surface area contributed by atoms with Crippen molar-refractivity contribution in [3.63, 3.8) is 0 Å². The van der Waals surface area contributed by atoms with E-state index in [1.807, 2.05) is 19.1 Å². The zero-order valence-electron chi connectivity index (χ0n) is 15.0. The molecule has 0 saturated carbocycles. The Morgan fingerprint density at radius 3 is 2.78 bits per heavy atom. The van der Waals surface area contributed by atoms with Gasteiger partial charge in [0.1, 0.15) is 6.54 Å². The number of anilines is 1. The van der Waals surface area contributed by atoms with Gasteiger partial charge in [-0.2, -0.15) is 0 Å². The molecule has 1 amide bonds. The summed E-state index contributed by atoms with van der Waals surface area (Å²) in [5, 5.41) is 2.78. The first-order valence-electron chi connectivity index (χ1n) is 8.35. The highest BCUT2D eigenvalue weighted by atomic mass is 16.7. The van der Waals surface area contributed by atoms with Crippen molar-refractivity contribution in [1.29, 1.82) is 0 Å². The summed E-state index contributed by atoms with van der Waals surface area (Å²) in [6.07, 6.45) is 3.16. The molecule has 0 bridgehead atoms. The lowest BCUT2D eigenvalue weighted by Gasteiger charge is -2.17. The fraction of sp³-hybridized carbons (Fsp3) is 0.333. The van der Waals surface area contributed by atoms with E-state index >= 15 is 0 Å². The van der Waals surface area contributed by atoms with E-state index in [1.165, 1.54) is 4.90 Å². The Morgan fingerprint density at radius 1 is 1.26 bits per heavy atom. The molecular weight excluding hydrogens is 352 g/mol. The Balaban J connectivity index is 1.44. The molecule has 1 aromatic carbocycles. The number of esters is 1. The smallest absolute Gasteiger partial charge is 0.326 e. The zero-order chi connectivity index (χ0) is 19.2. The molecule has 2 heterocycles. The first-order chi connectivity index (χ1) is 13.0. The Labute approximate surface area is 156 Å². The van der Waals surface area contributed by atoms with Crippen LogP contribution in [0.1, 0.15) is 18.5 Å². The predicted octanol–water partition coefficient (Wildman–Crippen LogP) is 1.06. The molecule has 0 spiro atoms. The van der Waals surface area contributed by atoms with E-state index in [4.69, 9.17) is 14.2 Å². The molecule has 1 atom stereocenters. The minimum Gasteiger partial charge on any atom is -0.454 e. The molecule has 27 heavy (non-hydrogen) atoms. The lowest BCUT2D eigenvalue weighted by Crippen LogP contribution is -2.34.